The molecule has 0 radical (unpaired) electrons. The molecule has 3 aromatic carbocycles. The first kappa shape index (κ1) is 29.6. The van der Waals surface area contributed by atoms with E-state index in [0.717, 1.165) is 10.3 Å². The number of halogens is 1. The second-order valence-electron chi connectivity index (χ2n) is 9.42. The summed E-state index contributed by atoms with van der Waals surface area (Å²) in [6.07, 6.45) is 0.392. The van der Waals surface area contributed by atoms with Crippen molar-refractivity contribution in [3.05, 3.63) is 65.5 Å². The number of carbonyl (C=O) groups is 2. The fraction of sp³-hybridized carbons (Fsp3) is 0.267. The number of hydrogen-bond acceptors (Lipinski definition) is 10. The lowest BCUT2D eigenvalue weighted by atomic mass is 9.97. The number of anilines is 1. The number of carbonyl (C=O) groups excluding carboxylic acids is 2. The van der Waals surface area contributed by atoms with Crippen LogP contribution in [0.3, 0.4) is 0 Å². The van der Waals surface area contributed by atoms with Gasteiger partial charge in [0.2, 0.25) is 11.7 Å². The normalized spacial score (nSPS) is 14.3. The largest absolute Gasteiger partial charge is 0.493 e. The molecule has 224 valence electrons. The van der Waals surface area contributed by atoms with Crippen LogP contribution in [-0.4, -0.2) is 62.6 Å². The van der Waals surface area contributed by atoms with Gasteiger partial charge in [0.25, 0.3) is 5.91 Å². The third kappa shape index (κ3) is 6.16. The van der Waals surface area contributed by atoms with Gasteiger partial charge in [0.15, 0.2) is 34.7 Å². The van der Waals surface area contributed by atoms with E-state index in [-0.39, 0.29) is 12.5 Å². The summed E-state index contributed by atoms with van der Waals surface area (Å²) in [5, 5.41) is 9.04. The van der Waals surface area contributed by atoms with Crippen molar-refractivity contribution in [3.63, 3.8) is 0 Å². The summed E-state index contributed by atoms with van der Waals surface area (Å²) < 4.78 is 41.9. The number of amides is 2. The van der Waals surface area contributed by atoms with E-state index in [1.807, 2.05) is 6.07 Å². The molecule has 0 spiro atoms. The molecule has 5 rings (SSSR count). The Kier molecular flexibility index (Phi) is 8.62. The second kappa shape index (κ2) is 12.5. The Morgan fingerprint density at radius 2 is 1.67 bits per heavy atom. The minimum Gasteiger partial charge on any atom is -0.493 e. The van der Waals surface area contributed by atoms with Crippen LogP contribution >= 0.6 is 11.3 Å². The molecule has 1 unspecified atom stereocenters. The number of nitrogens with zero attached hydrogens (tertiary/aromatic N) is 3. The molecular formula is C30H29FN4O7S. The summed E-state index contributed by atoms with van der Waals surface area (Å²) in [7, 11) is 6.07. The third-order valence-corrected chi connectivity index (χ3v) is 7.71. The highest BCUT2D eigenvalue weighted by atomic mass is 32.1. The molecule has 0 saturated carbocycles. The van der Waals surface area contributed by atoms with E-state index in [1.54, 1.807) is 30.3 Å². The Hall–Kier alpha value is -4.91. The summed E-state index contributed by atoms with van der Waals surface area (Å²) in [4.78, 5) is 29.6. The van der Waals surface area contributed by atoms with Crippen molar-refractivity contribution >= 4 is 44.2 Å². The van der Waals surface area contributed by atoms with Gasteiger partial charge in [-0.15, -0.1) is 0 Å². The SMILES string of the molecule is COc1ccc(C2CC(c3cc(OC)c(OC)c(OC)c3)=NN2C(C)=O)cc1OCC(=O)Nc1nc2cc(F)ccc2s1. The van der Waals surface area contributed by atoms with Gasteiger partial charge < -0.3 is 23.7 Å². The fourth-order valence-corrected chi connectivity index (χ4v) is 5.61. The van der Waals surface area contributed by atoms with E-state index < -0.39 is 17.8 Å². The zero-order chi connectivity index (χ0) is 30.7. The van der Waals surface area contributed by atoms with Crippen molar-refractivity contribution in [3.8, 4) is 28.7 Å². The van der Waals surface area contributed by atoms with Gasteiger partial charge >= 0.3 is 0 Å². The van der Waals surface area contributed by atoms with Crippen LogP contribution in [0.1, 0.15) is 30.5 Å². The predicted octanol–water partition coefficient (Wildman–Crippen LogP) is 5.18. The van der Waals surface area contributed by atoms with Crippen LogP contribution in [0.5, 0.6) is 28.7 Å². The summed E-state index contributed by atoms with van der Waals surface area (Å²) in [6.45, 7) is 1.11. The maximum atomic E-state index is 13.5. The first-order valence-corrected chi connectivity index (χ1v) is 13.9. The lowest BCUT2D eigenvalue weighted by molar-refractivity contribution is -0.130. The van der Waals surface area contributed by atoms with Gasteiger partial charge in [-0.05, 0) is 42.0 Å². The van der Waals surface area contributed by atoms with Gasteiger partial charge in [0.05, 0.1) is 50.4 Å². The Balaban J connectivity index is 1.35. The molecule has 1 N–H and O–H groups in total. The Morgan fingerprint density at radius 1 is 0.953 bits per heavy atom. The topological polar surface area (TPSA) is 121 Å². The van der Waals surface area contributed by atoms with Gasteiger partial charge in [-0.1, -0.05) is 17.4 Å². The smallest absolute Gasteiger partial charge is 0.264 e. The van der Waals surface area contributed by atoms with Crippen molar-refractivity contribution in [2.45, 2.75) is 19.4 Å². The fourth-order valence-electron chi connectivity index (χ4n) is 4.75. The minimum absolute atomic E-state index is 0.249. The van der Waals surface area contributed by atoms with Crippen molar-refractivity contribution in [1.29, 1.82) is 0 Å². The van der Waals surface area contributed by atoms with Crippen LogP contribution < -0.4 is 29.0 Å². The average Bonchev–Trinajstić information content (AvgIpc) is 3.63. The number of methoxy groups -OCH3 is 4. The van der Waals surface area contributed by atoms with E-state index in [1.165, 1.54) is 63.8 Å². The van der Waals surface area contributed by atoms with E-state index in [2.05, 4.69) is 15.4 Å². The molecule has 0 saturated heterocycles. The number of ether oxygens (including phenoxy) is 5. The Morgan fingerprint density at radius 3 is 2.33 bits per heavy atom. The maximum Gasteiger partial charge on any atom is 0.264 e. The van der Waals surface area contributed by atoms with Gasteiger partial charge in [0.1, 0.15) is 5.82 Å². The lowest BCUT2D eigenvalue weighted by Gasteiger charge is -2.21. The molecule has 1 aliphatic heterocycles. The molecule has 1 atom stereocenters. The molecule has 1 aromatic heterocycles. The molecule has 2 amide bonds. The van der Waals surface area contributed by atoms with Crippen LogP contribution in [0.15, 0.2) is 53.6 Å². The molecule has 0 fully saturated rings. The van der Waals surface area contributed by atoms with E-state index in [0.29, 0.717) is 57.1 Å². The average molecular weight is 609 g/mol. The number of rotatable bonds is 10. The van der Waals surface area contributed by atoms with E-state index >= 15 is 0 Å². The predicted molar refractivity (Wildman–Crippen MR) is 159 cm³/mol. The molecule has 4 aromatic rings. The zero-order valence-corrected chi connectivity index (χ0v) is 24.9. The number of aromatic nitrogens is 1. The minimum atomic E-state index is -0.453. The Bertz CT molecular complexity index is 1700. The van der Waals surface area contributed by atoms with E-state index in [9.17, 15) is 14.0 Å². The number of benzene rings is 3. The van der Waals surface area contributed by atoms with Gasteiger partial charge in [0, 0.05) is 25.0 Å². The van der Waals surface area contributed by atoms with Crippen LogP contribution in [0.2, 0.25) is 0 Å². The van der Waals surface area contributed by atoms with Crippen molar-refractivity contribution < 1.29 is 37.7 Å². The highest BCUT2D eigenvalue weighted by molar-refractivity contribution is 7.22. The number of nitrogens with one attached hydrogen (secondary N) is 1. The molecular weight excluding hydrogens is 579 g/mol. The Labute approximate surface area is 250 Å². The summed E-state index contributed by atoms with van der Waals surface area (Å²) in [5.74, 6) is 0.994. The summed E-state index contributed by atoms with van der Waals surface area (Å²) >= 11 is 1.23. The van der Waals surface area contributed by atoms with Crippen LogP contribution in [0.4, 0.5) is 9.52 Å². The maximum absolute atomic E-state index is 13.5. The number of hydrazone groups is 1. The number of thiazole rings is 1. The van der Waals surface area contributed by atoms with Crippen LogP contribution in [0, 0.1) is 5.82 Å². The van der Waals surface area contributed by atoms with Gasteiger partial charge in [-0.25, -0.2) is 14.4 Å². The first-order chi connectivity index (χ1) is 20.7. The summed E-state index contributed by atoms with van der Waals surface area (Å²) in [6, 6.07) is 12.6. The molecule has 13 heteroatoms. The van der Waals surface area contributed by atoms with Crippen molar-refractivity contribution in [2.75, 3.05) is 40.4 Å². The molecule has 11 nitrogen and oxygen atoms in total. The molecule has 0 aliphatic carbocycles. The molecule has 0 bridgehead atoms. The zero-order valence-electron chi connectivity index (χ0n) is 24.1. The highest BCUT2D eigenvalue weighted by Crippen LogP contribution is 2.42. The number of hydrogen-bond donors (Lipinski definition) is 1. The molecule has 2 heterocycles. The van der Waals surface area contributed by atoms with Crippen molar-refractivity contribution in [2.24, 2.45) is 5.10 Å². The van der Waals surface area contributed by atoms with Crippen LogP contribution in [0.25, 0.3) is 10.2 Å². The summed E-state index contributed by atoms with van der Waals surface area (Å²) in [5.41, 5.74) is 2.54. The first-order valence-electron chi connectivity index (χ1n) is 13.1. The molecule has 43 heavy (non-hydrogen) atoms. The van der Waals surface area contributed by atoms with Crippen LogP contribution in [-0.2, 0) is 9.59 Å². The van der Waals surface area contributed by atoms with Gasteiger partial charge in [-0.3, -0.25) is 14.9 Å². The monoisotopic (exact) mass is 608 g/mol. The quantitative estimate of drug-likeness (QED) is 0.261. The highest BCUT2D eigenvalue weighted by Gasteiger charge is 2.33. The molecule has 1 aliphatic rings. The third-order valence-electron chi connectivity index (χ3n) is 6.76. The van der Waals surface area contributed by atoms with Gasteiger partial charge in [-0.2, -0.15) is 5.10 Å². The number of fused-ring (bicyclic) bond motifs is 1. The van der Waals surface area contributed by atoms with E-state index in [4.69, 9.17) is 23.7 Å². The second-order valence-corrected chi connectivity index (χ2v) is 10.5. The lowest BCUT2D eigenvalue weighted by Crippen LogP contribution is -2.24. The standard InChI is InChI=1S/C30H29FN4O7S/c1-16(36)35-22(14-20(34-35)18-11-25(39-3)29(41-5)26(12-18)40-4)17-6-8-23(38-2)24(10-17)42-15-28(37)33-30-32-21-13-19(31)7-9-27(21)43-30/h6-13,22H,14-15H2,1-5H3,(H,32,33,37). The van der Waals surface area contributed by atoms with Crippen molar-refractivity contribution in [1.82, 2.24) is 9.99 Å².